The van der Waals surface area contributed by atoms with Crippen molar-refractivity contribution < 1.29 is 28.6 Å². The first-order valence-corrected chi connectivity index (χ1v) is 26.8. The maximum Gasteiger partial charge on any atom is 0.306 e. The van der Waals surface area contributed by atoms with Crippen molar-refractivity contribution in [2.24, 2.45) is 11.8 Å². The molecule has 0 aliphatic carbocycles. The minimum absolute atomic E-state index is 0.0636. The van der Waals surface area contributed by atoms with Gasteiger partial charge in [-0.3, -0.25) is 14.4 Å². The molecule has 60 heavy (non-hydrogen) atoms. The van der Waals surface area contributed by atoms with E-state index in [2.05, 4.69) is 34.6 Å². The lowest BCUT2D eigenvalue weighted by molar-refractivity contribution is -0.167. The predicted octanol–water partition coefficient (Wildman–Crippen LogP) is 17.3. The summed E-state index contributed by atoms with van der Waals surface area (Å²) < 4.78 is 16.8. The molecule has 0 aliphatic heterocycles. The summed E-state index contributed by atoms with van der Waals surface area (Å²) in [4.78, 5) is 37.9. The van der Waals surface area contributed by atoms with Crippen molar-refractivity contribution in [3.63, 3.8) is 0 Å². The van der Waals surface area contributed by atoms with E-state index in [1.54, 1.807) is 0 Å². The van der Waals surface area contributed by atoms with Gasteiger partial charge < -0.3 is 14.2 Å². The lowest BCUT2D eigenvalue weighted by Crippen LogP contribution is -2.30. The van der Waals surface area contributed by atoms with Gasteiger partial charge in [-0.15, -0.1) is 0 Å². The van der Waals surface area contributed by atoms with Crippen LogP contribution >= 0.6 is 0 Å². The molecule has 2 atom stereocenters. The molecule has 6 heteroatoms. The molecule has 0 fully saturated rings. The van der Waals surface area contributed by atoms with Crippen LogP contribution in [0.15, 0.2) is 0 Å². The fourth-order valence-corrected chi connectivity index (χ4v) is 8.13. The van der Waals surface area contributed by atoms with Crippen LogP contribution < -0.4 is 0 Å². The Morgan fingerprint density at radius 3 is 0.950 bits per heavy atom. The van der Waals surface area contributed by atoms with Crippen molar-refractivity contribution in [1.29, 1.82) is 0 Å². The molecular formula is C54H104O6. The summed E-state index contributed by atoms with van der Waals surface area (Å²) in [5.74, 6) is 0.874. The Bertz CT molecular complexity index is 918. The van der Waals surface area contributed by atoms with Crippen LogP contribution in [0.1, 0.15) is 298 Å². The van der Waals surface area contributed by atoms with Crippen LogP contribution in [0.4, 0.5) is 0 Å². The topological polar surface area (TPSA) is 78.9 Å². The van der Waals surface area contributed by atoms with E-state index in [0.717, 1.165) is 69.6 Å². The number of ether oxygens (including phenoxy) is 3. The standard InChI is InChI=1S/C54H104O6/c1-6-8-9-10-11-22-31-36-41-46-54(57)60-51(48-59-53(56)45-40-35-30-26-21-20-24-28-33-38-43-50(5)7-2)47-58-52(55)44-39-34-29-25-19-17-15-13-12-14-16-18-23-27-32-37-42-49(3)4/h49-51H,6-48H2,1-5H3/t50?,51-/m1/s1. The quantitative estimate of drug-likeness (QED) is 0.0345. The van der Waals surface area contributed by atoms with E-state index in [4.69, 9.17) is 14.2 Å². The third kappa shape index (κ3) is 45.9. The van der Waals surface area contributed by atoms with Gasteiger partial charge in [-0.1, -0.05) is 259 Å². The zero-order chi connectivity index (χ0) is 44.0. The number of carbonyl (C=O) groups excluding carboxylic acids is 3. The zero-order valence-electron chi connectivity index (χ0n) is 41.1. The lowest BCUT2D eigenvalue weighted by atomic mass is 9.99. The van der Waals surface area contributed by atoms with Gasteiger partial charge >= 0.3 is 17.9 Å². The molecule has 0 saturated heterocycles. The Kier molecular flexibility index (Phi) is 45.7. The van der Waals surface area contributed by atoms with Crippen LogP contribution in [0.5, 0.6) is 0 Å². The largest absolute Gasteiger partial charge is 0.462 e. The van der Waals surface area contributed by atoms with Crippen LogP contribution in [-0.2, 0) is 28.6 Å². The van der Waals surface area contributed by atoms with Gasteiger partial charge in [0.05, 0.1) is 0 Å². The Labute approximate surface area is 374 Å². The number of esters is 3. The summed E-state index contributed by atoms with van der Waals surface area (Å²) in [6.45, 7) is 11.4. The first kappa shape index (κ1) is 58.4. The first-order valence-electron chi connectivity index (χ1n) is 26.8. The Balaban J connectivity index is 4.21. The van der Waals surface area contributed by atoms with Gasteiger partial charge in [0, 0.05) is 19.3 Å². The average Bonchev–Trinajstić information content (AvgIpc) is 3.23. The maximum atomic E-state index is 12.7. The predicted molar refractivity (Wildman–Crippen MR) is 256 cm³/mol. The van der Waals surface area contributed by atoms with Crippen LogP contribution in [0.2, 0.25) is 0 Å². The molecule has 0 bridgehead atoms. The smallest absolute Gasteiger partial charge is 0.306 e. The van der Waals surface area contributed by atoms with E-state index in [9.17, 15) is 14.4 Å². The molecule has 0 aliphatic rings. The monoisotopic (exact) mass is 849 g/mol. The van der Waals surface area contributed by atoms with Crippen molar-refractivity contribution in [1.82, 2.24) is 0 Å². The fraction of sp³-hybridized carbons (Fsp3) is 0.944. The van der Waals surface area contributed by atoms with Gasteiger partial charge in [-0.2, -0.15) is 0 Å². The van der Waals surface area contributed by atoms with E-state index >= 15 is 0 Å². The van der Waals surface area contributed by atoms with E-state index in [-0.39, 0.29) is 31.1 Å². The summed E-state index contributed by atoms with van der Waals surface area (Å²) in [5.41, 5.74) is 0. The van der Waals surface area contributed by atoms with E-state index in [1.165, 1.54) is 186 Å². The molecule has 0 aromatic rings. The highest BCUT2D eigenvalue weighted by atomic mass is 16.6. The molecule has 0 radical (unpaired) electrons. The summed E-state index contributed by atoms with van der Waals surface area (Å²) in [5, 5.41) is 0. The van der Waals surface area contributed by atoms with Crippen molar-refractivity contribution in [2.45, 2.75) is 304 Å². The molecular weight excluding hydrogens is 745 g/mol. The summed E-state index contributed by atoms with van der Waals surface area (Å²) >= 11 is 0. The summed E-state index contributed by atoms with van der Waals surface area (Å²) in [6.07, 6.45) is 48.0. The van der Waals surface area contributed by atoms with Crippen molar-refractivity contribution in [3.8, 4) is 0 Å². The Morgan fingerprint density at radius 2 is 0.633 bits per heavy atom. The summed E-state index contributed by atoms with van der Waals surface area (Å²) in [6, 6.07) is 0. The number of rotatable bonds is 48. The maximum absolute atomic E-state index is 12.7. The summed E-state index contributed by atoms with van der Waals surface area (Å²) in [7, 11) is 0. The molecule has 0 aromatic heterocycles. The molecule has 0 amide bonds. The lowest BCUT2D eigenvalue weighted by Gasteiger charge is -2.18. The fourth-order valence-electron chi connectivity index (χ4n) is 8.13. The second-order valence-electron chi connectivity index (χ2n) is 19.2. The second-order valence-corrected chi connectivity index (χ2v) is 19.2. The van der Waals surface area contributed by atoms with Gasteiger partial charge in [-0.25, -0.2) is 0 Å². The normalized spacial score (nSPS) is 12.5. The molecule has 0 N–H and O–H groups in total. The third-order valence-corrected chi connectivity index (χ3v) is 12.6. The number of hydrogen-bond donors (Lipinski definition) is 0. The zero-order valence-corrected chi connectivity index (χ0v) is 41.1. The van der Waals surface area contributed by atoms with Crippen molar-refractivity contribution in [2.75, 3.05) is 13.2 Å². The molecule has 0 saturated carbocycles. The highest BCUT2D eigenvalue weighted by molar-refractivity contribution is 5.71. The molecule has 6 nitrogen and oxygen atoms in total. The van der Waals surface area contributed by atoms with Gasteiger partial charge in [0.25, 0.3) is 0 Å². The number of hydrogen-bond acceptors (Lipinski definition) is 6. The first-order chi connectivity index (χ1) is 29.3. The highest BCUT2D eigenvalue weighted by Gasteiger charge is 2.19. The van der Waals surface area contributed by atoms with Crippen LogP contribution in [0, 0.1) is 11.8 Å². The average molecular weight is 849 g/mol. The minimum atomic E-state index is -0.761. The van der Waals surface area contributed by atoms with Gasteiger partial charge in [0.2, 0.25) is 0 Å². The molecule has 1 unspecified atom stereocenters. The minimum Gasteiger partial charge on any atom is -0.462 e. The van der Waals surface area contributed by atoms with Crippen LogP contribution in [0.25, 0.3) is 0 Å². The molecule has 0 heterocycles. The second kappa shape index (κ2) is 46.9. The van der Waals surface area contributed by atoms with Crippen LogP contribution in [0.3, 0.4) is 0 Å². The molecule has 356 valence electrons. The van der Waals surface area contributed by atoms with Gasteiger partial charge in [-0.05, 0) is 31.1 Å². The molecule has 0 rings (SSSR count). The van der Waals surface area contributed by atoms with Crippen molar-refractivity contribution >= 4 is 17.9 Å². The number of unbranched alkanes of at least 4 members (excludes halogenated alkanes) is 32. The highest BCUT2D eigenvalue weighted by Crippen LogP contribution is 2.18. The van der Waals surface area contributed by atoms with Gasteiger partial charge in [0.1, 0.15) is 13.2 Å². The van der Waals surface area contributed by atoms with Crippen LogP contribution in [-0.4, -0.2) is 37.2 Å². The van der Waals surface area contributed by atoms with E-state index < -0.39 is 6.10 Å². The third-order valence-electron chi connectivity index (χ3n) is 12.6. The van der Waals surface area contributed by atoms with Gasteiger partial charge in [0.15, 0.2) is 6.10 Å². The Hall–Kier alpha value is -1.59. The van der Waals surface area contributed by atoms with E-state index in [1.807, 2.05) is 0 Å². The van der Waals surface area contributed by atoms with Crippen molar-refractivity contribution in [3.05, 3.63) is 0 Å². The SMILES string of the molecule is CCCCCCCCCCCC(=O)O[C@H](COC(=O)CCCCCCCCCCCCCCCCCCC(C)C)COC(=O)CCCCCCCCCCCCC(C)CC. The molecule has 0 aromatic carbocycles. The molecule has 0 spiro atoms. The Morgan fingerprint density at radius 1 is 0.350 bits per heavy atom. The number of carbonyl (C=O) groups is 3. The van der Waals surface area contributed by atoms with E-state index in [0.29, 0.717) is 19.3 Å².